The van der Waals surface area contributed by atoms with Gasteiger partial charge in [-0.3, -0.25) is 14.6 Å². The van der Waals surface area contributed by atoms with Gasteiger partial charge in [0.1, 0.15) is 11.2 Å². The number of piperidine rings is 1. The summed E-state index contributed by atoms with van der Waals surface area (Å²) in [4.78, 5) is 54.7. The van der Waals surface area contributed by atoms with Crippen molar-refractivity contribution in [1.29, 1.82) is 0 Å². The maximum Gasteiger partial charge on any atom is 0.287 e. The number of hydrogen-bond donors (Lipinski definition) is 2. The van der Waals surface area contributed by atoms with Gasteiger partial charge >= 0.3 is 0 Å². The van der Waals surface area contributed by atoms with Crippen LogP contribution in [0.15, 0.2) is 41.6 Å². The second-order valence-corrected chi connectivity index (χ2v) is 9.25. The Bertz CT molecular complexity index is 1180. The third-order valence-corrected chi connectivity index (χ3v) is 6.56. The van der Waals surface area contributed by atoms with E-state index in [0.29, 0.717) is 28.8 Å². The molecule has 0 bridgehead atoms. The van der Waals surface area contributed by atoms with E-state index in [1.54, 1.807) is 30.6 Å². The summed E-state index contributed by atoms with van der Waals surface area (Å²) in [6.07, 6.45) is 7.78. The third kappa shape index (κ3) is 5.35. The Morgan fingerprint density at radius 2 is 2.06 bits per heavy atom. The largest absolute Gasteiger partial charge is 0.480 e. The first-order valence-electron chi connectivity index (χ1n) is 10.8. The Balaban J connectivity index is 1.57. The lowest BCUT2D eigenvalue weighted by atomic mass is 9.94. The molecule has 1 aliphatic heterocycles. The van der Waals surface area contributed by atoms with Gasteiger partial charge in [-0.05, 0) is 42.9 Å². The molecule has 0 aromatic carbocycles. The highest BCUT2D eigenvalue weighted by atomic mass is 31.2. The smallest absolute Gasteiger partial charge is 0.287 e. The zero-order chi connectivity index (χ0) is 23.4. The second-order valence-electron chi connectivity index (χ2n) is 8.06. The van der Waals surface area contributed by atoms with Crippen molar-refractivity contribution in [2.45, 2.75) is 25.7 Å². The highest BCUT2D eigenvalue weighted by Gasteiger charge is 2.23. The minimum Gasteiger partial charge on any atom is -0.480 e. The standard InChI is InChI=1S/C22H26N5O5P/c1-32-21-20-17(12-18(25-21)26-8-4-15(5-9-26)6-10-33(30)31)14-24-27(22(20)29)19(28)11-16-3-2-7-23-13-16/h2-3,7,12-15,30-31H,4-6,8-11H2,1H3. The summed E-state index contributed by atoms with van der Waals surface area (Å²) in [7, 11) is -0.394. The molecular formula is C22H26N5O5P. The van der Waals surface area contributed by atoms with E-state index in [1.807, 2.05) is 0 Å². The van der Waals surface area contributed by atoms with Crippen LogP contribution in [0.4, 0.5) is 5.82 Å². The maximum atomic E-state index is 13.1. The molecule has 174 valence electrons. The monoisotopic (exact) mass is 471 g/mol. The van der Waals surface area contributed by atoms with Gasteiger partial charge in [0.2, 0.25) is 5.88 Å². The molecule has 10 nitrogen and oxygen atoms in total. The SMILES string of the molecule is COc1nc(N2CCC(CCP(O)O)CC2)cc2cnn(C(=O)Cc3cccnc3)c(=O)c12. The number of aromatic nitrogens is 4. The van der Waals surface area contributed by atoms with E-state index >= 15 is 0 Å². The molecule has 2 N–H and O–H groups in total. The molecule has 1 aliphatic rings. The summed E-state index contributed by atoms with van der Waals surface area (Å²) in [6.45, 7) is 1.55. The first kappa shape index (κ1) is 23.2. The number of carbonyl (C=O) groups is 1. The van der Waals surface area contributed by atoms with E-state index in [4.69, 9.17) is 14.5 Å². The fourth-order valence-corrected chi connectivity index (χ4v) is 4.71. The predicted octanol–water partition coefficient (Wildman–Crippen LogP) is 1.98. The van der Waals surface area contributed by atoms with Crippen LogP contribution >= 0.6 is 8.38 Å². The van der Waals surface area contributed by atoms with Crippen molar-refractivity contribution in [3.63, 3.8) is 0 Å². The zero-order valence-electron chi connectivity index (χ0n) is 18.3. The Morgan fingerprint density at radius 1 is 1.27 bits per heavy atom. The van der Waals surface area contributed by atoms with Crippen molar-refractivity contribution < 1.29 is 19.3 Å². The van der Waals surface area contributed by atoms with Gasteiger partial charge in [-0.1, -0.05) is 6.07 Å². The molecule has 11 heteroatoms. The topological polar surface area (TPSA) is 131 Å². The summed E-state index contributed by atoms with van der Waals surface area (Å²) in [5.74, 6) is 0.835. The molecule has 0 saturated carbocycles. The number of carbonyl (C=O) groups excluding carboxylic acids is 1. The van der Waals surface area contributed by atoms with Gasteiger partial charge in [-0.2, -0.15) is 14.8 Å². The first-order chi connectivity index (χ1) is 16.0. The van der Waals surface area contributed by atoms with Gasteiger partial charge in [0.05, 0.1) is 19.7 Å². The van der Waals surface area contributed by atoms with Gasteiger partial charge in [0.25, 0.3) is 11.5 Å². The average molecular weight is 471 g/mol. The molecule has 3 aromatic heterocycles. The maximum absolute atomic E-state index is 13.1. The Morgan fingerprint density at radius 3 is 2.73 bits per heavy atom. The Kier molecular flexibility index (Phi) is 7.27. The summed E-state index contributed by atoms with van der Waals surface area (Å²) in [5.41, 5.74) is 0.121. The quantitative estimate of drug-likeness (QED) is 0.497. The van der Waals surface area contributed by atoms with Crippen LogP contribution in [0.3, 0.4) is 0 Å². The summed E-state index contributed by atoms with van der Waals surface area (Å²) in [6, 6.07) is 5.29. The lowest BCUT2D eigenvalue weighted by Gasteiger charge is -2.33. The van der Waals surface area contributed by atoms with E-state index in [1.165, 1.54) is 13.3 Å². The van der Waals surface area contributed by atoms with Gasteiger partial charge in [0.15, 0.2) is 8.38 Å². The van der Waals surface area contributed by atoms with Crippen LogP contribution < -0.4 is 15.2 Å². The van der Waals surface area contributed by atoms with Crippen LogP contribution in [0.25, 0.3) is 10.8 Å². The lowest BCUT2D eigenvalue weighted by Crippen LogP contribution is -2.35. The van der Waals surface area contributed by atoms with Crippen molar-refractivity contribution in [3.05, 3.63) is 52.7 Å². The summed E-state index contributed by atoms with van der Waals surface area (Å²) >= 11 is 0. The lowest BCUT2D eigenvalue weighted by molar-refractivity contribution is 0.0892. The van der Waals surface area contributed by atoms with Crippen LogP contribution in [0, 0.1) is 5.92 Å². The molecule has 1 fully saturated rings. The van der Waals surface area contributed by atoms with Gasteiger partial charge < -0.3 is 19.4 Å². The molecule has 4 heterocycles. The van der Waals surface area contributed by atoms with E-state index in [9.17, 15) is 9.59 Å². The molecule has 0 unspecified atom stereocenters. The number of pyridine rings is 2. The fraction of sp³-hybridized carbons (Fsp3) is 0.409. The van der Waals surface area contributed by atoms with Crippen molar-refractivity contribution in [1.82, 2.24) is 19.7 Å². The number of ether oxygens (including phenoxy) is 1. The van der Waals surface area contributed by atoms with Crippen LogP contribution in [0.5, 0.6) is 5.88 Å². The van der Waals surface area contributed by atoms with Gasteiger partial charge in [0, 0.05) is 37.0 Å². The Hall–Kier alpha value is -2.94. The Labute approximate surface area is 191 Å². The minimum atomic E-state index is -1.84. The highest BCUT2D eigenvalue weighted by Crippen LogP contribution is 2.32. The molecular weight excluding hydrogens is 445 g/mol. The van der Waals surface area contributed by atoms with Crippen LogP contribution in [-0.4, -0.2) is 61.8 Å². The third-order valence-electron chi connectivity index (χ3n) is 5.91. The molecule has 0 spiro atoms. The number of methoxy groups -OCH3 is 1. The van der Waals surface area contributed by atoms with E-state index in [-0.39, 0.29) is 17.7 Å². The van der Waals surface area contributed by atoms with E-state index in [2.05, 4.69) is 20.0 Å². The molecule has 4 rings (SSSR count). The number of fused-ring (bicyclic) bond motifs is 1. The predicted molar refractivity (Wildman–Crippen MR) is 125 cm³/mol. The summed E-state index contributed by atoms with van der Waals surface area (Å²) < 4.78 is 6.27. The highest BCUT2D eigenvalue weighted by molar-refractivity contribution is 7.45. The molecule has 0 radical (unpaired) electrons. The first-order valence-corrected chi connectivity index (χ1v) is 12.2. The number of nitrogens with zero attached hydrogens (tertiary/aromatic N) is 5. The molecule has 0 atom stereocenters. The van der Waals surface area contributed by atoms with Crippen molar-refractivity contribution in [3.8, 4) is 5.88 Å². The van der Waals surface area contributed by atoms with Crippen molar-refractivity contribution in [2.24, 2.45) is 5.92 Å². The van der Waals surface area contributed by atoms with Gasteiger partial charge in [-0.25, -0.2) is 0 Å². The van der Waals surface area contributed by atoms with Crippen molar-refractivity contribution in [2.75, 3.05) is 31.3 Å². The zero-order valence-corrected chi connectivity index (χ0v) is 19.2. The molecule has 0 amide bonds. The van der Waals surface area contributed by atoms with Crippen LogP contribution in [0.2, 0.25) is 0 Å². The average Bonchev–Trinajstić information content (AvgIpc) is 2.83. The second kappa shape index (κ2) is 10.3. The summed E-state index contributed by atoms with van der Waals surface area (Å²) in [5, 5.41) is 4.87. The molecule has 3 aromatic rings. The molecule has 1 saturated heterocycles. The van der Waals surface area contributed by atoms with Crippen molar-refractivity contribution >= 4 is 30.9 Å². The van der Waals surface area contributed by atoms with Crippen LogP contribution in [0.1, 0.15) is 29.6 Å². The number of rotatable bonds is 7. The molecule has 33 heavy (non-hydrogen) atoms. The van der Waals surface area contributed by atoms with E-state index < -0.39 is 19.8 Å². The number of anilines is 1. The van der Waals surface area contributed by atoms with Gasteiger partial charge in [-0.15, -0.1) is 0 Å². The molecule has 0 aliphatic carbocycles. The van der Waals surface area contributed by atoms with E-state index in [0.717, 1.165) is 37.0 Å². The normalized spacial score (nSPS) is 14.7. The fourth-order valence-electron chi connectivity index (χ4n) is 4.11. The van der Waals surface area contributed by atoms with Crippen LogP contribution in [-0.2, 0) is 6.42 Å². The minimum absolute atomic E-state index is 0.00347. The number of hydrogen-bond acceptors (Lipinski definition) is 9.